The molecule has 1 aromatic heterocycles. The van der Waals surface area contributed by atoms with E-state index >= 15 is 0 Å². The summed E-state index contributed by atoms with van der Waals surface area (Å²) in [5, 5.41) is 3.74. The van der Waals surface area contributed by atoms with Crippen molar-refractivity contribution in [2.45, 2.75) is 39.3 Å². The van der Waals surface area contributed by atoms with Crippen molar-refractivity contribution >= 4 is 16.9 Å². The van der Waals surface area contributed by atoms with E-state index in [0.717, 1.165) is 34.9 Å². The molecule has 22 heavy (non-hydrogen) atoms. The van der Waals surface area contributed by atoms with E-state index in [1.54, 1.807) is 0 Å². The maximum absolute atomic E-state index is 12.0. The molecule has 5 heteroatoms. The molecule has 1 unspecified atom stereocenters. The average Bonchev–Trinajstić information content (AvgIpc) is 2.97. The van der Waals surface area contributed by atoms with Crippen molar-refractivity contribution in [1.82, 2.24) is 5.32 Å². The zero-order chi connectivity index (χ0) is 15.7. The third kappa shape index (κ3) is 2.90. The number of benzene rings is 1. The first kappa shape index (κ1) is 14.8. The SMILES string of the molecule is Cc1cc(C)c2c(CNC(=O)C3CCCO3)cc(=O)oc2c1. The highest BCUT2D eigenvalue weighted by Crippen LogP contribution is 2.23. The molecule has 1 aliphatic rings. The quantitative estimate of drug-likeness (QED) is 0.883. The fourth-order valence-electron chi connectivity index (χ4n) is 2.99. The lowest BCUT2D eigenvalue weighted by molar-refractivity contribution is -0.130. The van der Waals surface area contributed by atoms with E-state index in [0.29, 0.717) is 18.7 Å². The number of carbonyl (C=O) groups is 1. The van der Waals surface area contributed by atoms with Crippen LogP contribution in [0.3, 0.4) is 0 Å². The summed E-state index contributed by atoms with van der Waals surface area (Å²) in [7, 11) is 0. The van der Waals surface area contributed by atoms with Gasteiger partial charge in [-0.15, -0.1) is 0 Å². The minimum absolute atomic E-state index is 0.122. The average molecular weight is 301 g/mol. The number of amides is 1. The van der Waals surface area contributed by atoms with Gasteiger partial charge < -0.3 is 14.5 Å². The Hall–Kier alpha value is -2.14. The van der Waals surface area contributed by atoms with Gasteiger partial charge in [-0.3, -0.25) is 4.79 Å². The van der Waals surface area contributed by atoms with Crippen molar-refractivity contribution in [1.29, 1.82) is 0 Å². The topological polar surface area (TPSA) is 68.5 Å². The number of ether oxygens (including phenoxy) is 1. The lowest BCUT2D eigenvalue weighted by Gasteiger charge is -2.12. The van der Waals surface area contributed by atoms with Gasteiger partial charge in [-0.05, 0) is 49.4 Å². The predicted octanol–water partition coefficient (Wildman–Crippen LogP) is 2.21. The Morgan fingerprint density at radius 2 is 2.14 bits per heavy atom. The molecule has 0 spiro atoms. The lowest BCUT2D eigenvalue weighted by Crippen LogP contribution is -2.33. The highest BCUT2D eigenvalue weighted by Gasteiger charge is 2.23. The van der Waals surface area contributed by atoms with Crippen LogP contribution in [-0.4, -0.2) is 18.6 Å². The van der Waals surface area contributed by atoms with E-state index in [4.69, 9.17) is 9.15 Å². The number of nitrogens with one attached hydrogen (secondary N) is 1. The van der Waals surface area contributed by atoms with E-state index in [1.165, 1.54) is 6.07 Å². The van der Waals surface area contributed by atoms with Crippen LogP contribution in [0.1, 0.15) is 29.5 Å². The zero-order valence-corrected chi connectivity index (χ0v) is 12.8. The summed E-state index contributed by atoms with van der Waals surface area (Å²) >= 11 is 0. The maximum atomic E-state index is 12.0. The molecular weight excluding hydrogens is 282 g/mol. The van der Waals surface area contributed by atoms with Crippen molar-refractivity contribution < 1.29 is 13.9 Å². The van der Waals surface area contributed by atoms with E-state index < -0.39 is 5.63 Å². The third-order valence-electron chi connectivity index (χ3n) is 3.94. The smallest absolute Gasteiger partial charge is 0.336 e. The molecule has 3 rings (SSSR count). The highest BCUT2D eigenvalue weighted by molar-refractivity contribution is 5.85. The van der Waals surface area contributed by atoms with Gasteiger partial charge in [0.25, 0.3) is 0 Å². The Kier molecular flexibility index (Phi) is 3.98. The van der Waals surface area contributed by atoms with Crippen LogP contribution in [0.15, 0.2) is 27.4 Å². The molecule has 1 atom stereocenters. The normalized spacial score (nSPS) is 17.8. The maximum Gasteiger partial charge on any atom is 0.336 e. The number of fused-ring (bicyclic) bond motifs is 1. The van der Waals surface area contributed by atoms with E-state index in [1.807, 2.05) is 26.0 Å². The van der Waals surface area contributed by atoms with Gasteiger partial charge >= 0.3 is 5.63 Å². The first-order chi connectivity index (χ1) is 10.5. The number of hydrogen-bond acceptors (Lipinski definition) is 4. The van der Waals surface area contributed by atoms with E-state index in [-0.39, 0.29) is 12.0 Å². The molecule has 1 N–H and O–H groups in total. The molecule has 1 aromatic carbocycles. The standard InChI is InChI=1S/C17H19NO4/c1-10-6-11(2)16-12(8-15(19)22-14(16)7-10)9-18-17(20)13-4-3-5-21-13/h6-8,13H,3-5,9H2,1-2H3,(H,18,20). The predicted molar refractivity (Wildman–Crippen MR) is 82.8 cm³/mol. The van der Waals surface area contributed by atoms with Crippen LogP contribution >= 0.6 is 0 Å². The Balaban J connectivity index is 1.89. The van der Waals surface area contributed by atoms with Gasteiger partial charge in [0.1, 0.15) is 11.7 Å². The summed E-state index contributed by atoms with van der Waals surface area (Å²) in [6.07, 6.45) is 1.30. The molecular formula is C17H19NO4. The summed E-state index contributed by atoms with van der Waals surface area (Å²) in [5.74, 6) is -0.122. The molecule has 1 aliphatic heterocycles. The molecule has 2 aromatic rings. The molecule has 2 heterocycles. The van der Waals surface area contributed by atoms with Gasteiger partial charge in [0.05, 0.1) is 0 Å². The fourth-order valence-corrected chi connectivity index (χ4v) is 2.99. The highest BCUT2D eigenvalue weighted by atomic mass is 16.5. The van der Waals surface area contributed by atoms with Crippen LogP contribution in [0.25, 0.3) is 11.0 Å². The minimum atomic E-state index is -0.404. The van der Waals surface area contributed by atoms with Crippen LogP contribution in [0, 0.1) is 13.8 Å². The summed E-state index contributed by atoms with van der Waals surface area (Å²) in [6, 6.07) is 5.32. The van der Waals surface area contributed by atoms with Gasteiger partial charge in [-0.1, -0.05) is 6.07 Å². The van der Waals surface area contributed by atoms with Crippen LogP contribution in [-0.2, 0) is 16.1 Å². The molecule has 5 nitrogen and oxygen atoms in total. The van der Waals surface area contributed by atoms with Gasteiger partial charge in [-0.2, -0.15) is 0 Å². The zero-order valence-electron chi connectivity index (χ0n) is 12.8. The number of rotatable bonds is 3. The second-order valence-electron chi connectivity index (χ2n) is 5.77. The number of carbonyl (C=O) groups excluding carboxylic acids is 1. The van der Waals surface area contributed by atoms with Crippen molar-refractivity contribution in [3.63, 3.8) is 0 Å². The van der Waals surface area contributed by atoms with Crippen LogP contribution in [0.2, 0.25) is 0 Å². The van der Waals surface area contributed by atoms with Gasteiger partial charge in [0, 0.05) is 24.6 Å². The molecule has 1 saturated heterocycles. The first-order valence-corrected chi connectivity index (χ1v) is 7.48. The second-order valence-corrected chi connectivity index (χ2v) is 5.77. The molecule has 1 fully saturated rings. The van der Waals surface area contributed by atoms with Crippen LogP contribution in [0.5, 0.6) is 0 Å². The van der Waals surface area contributed by atoms with Gasteiger partial charge in [0.15, 0.2) is 0 Å². The molecule has 116 valence electrons. The Morgan fingerprint density at radius 1 is 1.32 bits per heavy atom. The molecule has 0 aliphatic carbocycles. The van der Waals surface area contributed by atoms with Crippen molar-refractivity contribution in [3.8, 4) is 0 Å². The third-order valence-corrected chi connectivity index (χ3v) is 3.94. The van der Waals surface area contributed by atoms with E-state index in [9.17, 15) is 9.59 Å². The van der Waals surface area contributed by atoms with Crippen molar-refractivity contribution in [2.75, 3.05) is 6.61 Å². The fraction of sp³-hybridized carbons (Fsp3) is 0.412. The molecule has 0 radical (unpaired) electrons. The van der Waals surface area contributed by atoms with Crippen molar-refractivity contribution in [2.24, 2.45) is 0 Å². The molecule has 1 amide bonds. The Labute approximate surface area is 128 Å². The Morgan fingerprint density at radius 3 is 2.86 bits per heavy atom. The van der Waals surface area contributed by atoms with E-state index in [2.05, 4.69) is 5.32 Å². The summed E-state index contributed by atoms with van der Waals surface area (Å²) < 4.78 is 10.6. The minimum Gasteiger partial charge on any atom is -0.423 e. The van der Waals surface area contributed by atoms with Crippen molar-refractivity contribution in [3.05, 3.63) is 45.3 Å². The summed E-state index contributed by atoms with van der Waals surface area (Å²) in [6.45, 7) is 4.86. The van der Waals surface area contributed by atoms with Gasteiger partial charge in [0.2, 0.25) is 5.91 Å². The summed E-state index contributed by atoms with van der Waals surface area (Å²) in [4.78, 5) is 23.8. The number of aryl methyl sites for hydroxylation is 2. The lowest BCUT2D eigenvalue weighted by atomic mass is 10.0. The Bertz CT molecular complexity index is 772. The molecule has 0 saturated carbocycles. The number of hydrogen-bond donors (Lipinski definition) is 1. The summed E-state index contributed by atoms with van der Waals surface area (Å²) in [5.41, 5.74) is 2.99. The monoisotopic (exact) mass is 301 g/mol. The van der Waals surface area contributed by atoms with Gasteiger partial charge in [-0.25, -0.2) is 4.79 Å². The van der Waals surface area contributed by atoms with Crippen LogP contribution in [0.4, 0.5) is 0 Å². The van der Waals surface area contributed by atoms with Crippen LogP contribution < -0.4 is 10.9 Å². The largest absolute Gasteiger partial charge is 0.423 e. The molecule has 0 bridgehead atoms. The second kappa shape index (κ2) is 5.93. The first-order valence-electron chi connectivity index (χ1n) is 7.48.